The Kier molecular flexibility index (Phi) is 3.55. The summed E-state index contributed by atoms with van der Waals surface area (Å²) in [6.07, 6.45) is 3.40. The Balaban J connectivity index is 2.04. The van der Waals surface area contributed by atoms with Crippen LogP contribution in [0.25, 0.3) is 11.3 Å². The Morgan fingerprint density at radius 3 is 2.90 bits per heavy atom. The number of ether oxygens (including phenoxy) is 1. The van der Waals surface area contributed by atoms with E-state index in [4.69, 9.17) is 16.3 Å². The number of hydrogen-bond acceptors (Lipinski definition) is 6. The van der Waals surface area contributed by atoms with Gasteiger partial charge in [0, 0.05) is 12.1 Å². The number of aryl methyl sites for hydroxylation is 1. The minimum absolute atomic E-state index is 0.0238. The molecule has 0 saturated heterocycles. The van der Waals surface area contributed by atoms with Crippen molar-refractivity contribution in [2.24, 2.45) is 5.92 Å². The highest BCUT2D eigenvalue weighted by molar-refractivity contribution is 6.30. The van der Waals surface area contributed by atoms with E-state index in [1.54, 1.807) is 20.2 Å². The molecule has 1 unspecified atom stereocenters. The average molecular weight is 305 g/mol. The molecule has 0 aliphatic heterocycles. The van der Waals surface area contributed by atoms with Crippen LogP contribution in [0, 0.1) is 12.8 Å². The Labute approximate surface area is 126 Å². The molecule has 1 aliphatic rings. The third-order valence-electron chi connectivity index (χ3n) is 3.53. The highest BCUT2D eigenvalue weighted by Crippen LogP contribution is 2.48. The number of aromatic nitrogens is 4. The fourth-order valence-corrected chi connectivity index (χ4v) is 2.52. The van der Waals surface area contributed by atoms with E-state index in [9.17, 15) is 4.79 Å². The van der Waals surface area contributed by atoms with Gasteiger partial charge in [0.05, 0.1) is 12.7 Å². The first-order valence-corrected chi connectivity index (χ1v) is 6.88. The van der Waals surface area contributed by atoms with Crippen molar-refractivity contribution in [2.75, 3.05) is 7.11 Å². The first-order chi connectivity index (χ1) is 10.1. The molecule has 0 amide bonds. The van der Waals surface area contributed by atoms with Gasteiger partial charge < -0.3 is 9.53 Å². The summed E-state index contributed by atoms with van der Waals surface area (Å²) < 4.78 is 5.26. The minimum Gasteiger partial charge on any atom is -0.480 e. The Hall–Kier alpha value is -2.08. The Morgan fingerprint density at radius 1 is 1.43 bits per heavy atom. The third-order valence-corrected chi connectivity index (χ3v) is 3.83. The van der Waals surface area contributed by atoms with Crippen LogP contribution in [0.2, 0.25) is 5.15 Å². The van der Waals surface area contributed by atoms with Crippen molar-refractivity contribution in [3.8, 4) is 17.1 Å². The van der Waals surface area contributed by atoms with Gasteiger partial charge in [-0.3, -0.25) is 0 Å². The lowest BCUT2D eigenvalue weighted by molar-refractivity contribution is -0.108. The number of carbonyl (C=O) groups excluding carboxylic acids is 1. The predicted octanol–water partition coefficient (Wildman–Crippen LogP) is 2.21. The molecular weight excluding hydrogens is 292 g/mol. The van der Waals surface area contributed by atoms with Crippen molar-refractivity contribution in [1.29, 1.82) is 0 Å². The first kappa shape index (κ1) is 13.9. The molecule has 0 radical (unpaired) electrons. The number of carbonyl (C=O) groups is 1. The fraction of sp³-hybridized carbons (Fsp3) is 0.357. The fourth-order valence-electron chi connectivity index (χ4n) is 2.29. The topological polar surface area (TPSA) is 77.9 Å². The lowest BCUT2D eigenvalue weighted by atomic mass is 10.1. The molecule has 2 atom stereocenters. The van der Waals surface area contributed by atoms with Gasteiger partial charge in [0.2, 0.25) is 5.88 Å². The summed E-state index contributed by atoms with van der Waals surface area (Å²) in [5, 5.41) is 8.38. The molecule has 1 saturated carbocycles. The molecule has 0 bridgehead atoms. The molecule has 3 rings (SSSR count). The van der Waals surface area contributed by atoms with Crippen molar-refractivity contribution in [3.05, 3.63) is 28.8 Å². The van der Waals surface area contributed by atoms with Crippen LogP contribution in [0.15, 0.2) is 12.3 Å². The molecule has 7 heteroatoms. The lowest BCUT2D eigenvalue weighted by Gasteiger charge is -2.08. The Bertz CT molecular complexity index is 707. The van der Waals surface area contributed by atoms with E-state index in [2.05, 4.69) is 20.2 Å². The standard InChI is InChI=1S/C14H13ClN4O2/c1-7-16-5-11(14(17-7)21-2)12-4-10(13(15)19-18-12)9-3-8(9)6-20/h4-6,8-9H,3H2,1-2H3/t8-,9?/m1/s1. The summed E-state index contributed by atoms with van der Waals surface area (Å²) in [5.41, 5.74) is 2.07. The smallest absolute Gasteiger partial charge is 0.226 e. The third kappa shape index (κ3) is 2.58. The number of halogens is 1. The second-order valence-electron chi connectivity index (χ2n) is 4.96. The van der Waals surface area contributed by atoms with E-state index in [1.807, 2.05) is 6.07 Å². The summed E-state index contributed by atoms with van der Waals surface area (Å²) in [6.45, 7) is 1.78. The van der Waals surface area contributed by atoms with Gasteiger partial charge in [-0.15, -0.1) is 10.2 Å². The van der Waals surface area contributed by atoms with E-state index in [0.29, 0.717) is 28.1 Å². The van der Waals surface area contributed by atoms with Crippen molar-refractivity contribution in [3.63, 3.8) is 0 Å². The van der Waals surface area contributed by atoms with Crippen LogP contribution in [-0.4, -0.2) is 33.6 Å². The van der Waals surface area contributed by atoms with Crippen LogP contribution < -0.4 is 4.74 Å². The molecule has 108 valence electrons. The molecule has 0 N–H and O–H groups in total. The van der Waals surface area contributed by atoms with Crippen LogP contribution in [0.3, 0.4) is 0 Å². The highest BCUT2D eigenvalue weighted by Gasteiger charge is 2.40. The van der Waals surface area contributed by atoms with Gasteiger partial charge in [-0.05, 0) is 30.9 Å². The van der Waals surface area contributed by atoms with Gasteiger partial charge >= 0.3 is 0 Å². The van der Waals surface area contributed by atoms with Crippen molar-refractivity contribution >= 4 is 17.9 Å². The average Bonchev–Trinajstić information content (AvgIpc) is 3.27. The Morgan fingerprint density at radius 2 is 2.24 bits per heavy atom. The van der Waals surface area contributed by atoms with Gasteiger partial charge in [-0.1, -0.05) is 11.6 Å². The van der Waals surface area contributed by atoms with Crippen molar-refractivity contribution in [1.82, 2.24) is 20.2 Å². The summed E-state index contributed by atoms with van der Waals surface area (Å²) in [7, 11) is 1.54. The molecule has 1 fully saturated rings. The second-order valence-corrected chi connectivity index (χ2v) is 5.32. The predicted molar refractivity (Wildman–Crippen MR) is 76.3 cm³/mol. The monoisotopic (exact) mass is 304 g/mol. The van der Waals surface area contributed by atoms with E-state index in [-0.39, 0.29) is 11.8 Å². The van der Waals surface area contributed by atoms with Gasteiger partial charge in [0.25, 0.3) is 0 Å². The van der Waals surface area contributed by atoms with E-state index in [1.165, 1.54) is 0 Å². The van der Waals surface area contributed by atoms with Gasteiger partial charge in [-0.25, -0.2) is 4.98 Å². The summed E-state index contributed by atoms with van der Waals surface area (Å²) >= 11 is 6.09. The van der Waals surface area contributed by atoms with E-state index in [0.717, 1.165) is 18.3 Å². The van der Waals surface area contributed by atoms with E-state index >= 15 is 0 Å². The molecule has 0 aromatic carbocycles. The largest absolute Gasteiger partial charge is 0.480 e. The molecule has 6 nitrogen and oxygen atoms in total. The second kappa shape index (κ2) is 5.37. The maximum absolute atomic E-state index is 10.8. The molecule has 0 spiro atoms. The molecule has 2 aromatic heterocycles. The molecule has 2 aromatic rings. The highest BCUT2D eigenvalue weighted by atomic mass is 35.5. The van der Waals surface area contributed by atoms with Crippen LogP contribution >= 0.6 is 11.6 Å². The quantitative estimate of drug-likeness (QED) is 0.806. The molecule has 2 heterocycles. The van der Waals surface area contributed by atoms with E-state index < -0.39 is 0 Å². The molecule has 21 heavy (non-hydrogen) atoms. The lowest BCUT2D eigenvalue weighted by Crippen LogP contribution is -2.00. The molecule has 1 aliphatic carbocycles. The number of nitrogens with zero attached hydrogens (tertiary/aromatic N) is 4. The summed E-state index contributed by atoms with van der Waals surface area (Å²) in [6, 6.07) is 1.83. The summed E-state index contributed by atoms with van der Waals surface area (Å²) in [5.74, 6) is 1.20. The number of methoxy groups -OCH3 is 1. The van der Waals surface area contributed by atoms with Crippen LogP contribution in [0.5, 0.6) is 5.88 Å². The maximum Gasteiger partial charge on any atom is 0.226 e. The zero-order valence-electron chi connectivity index (χ0n) is 11.6. The number of rotatable bonds is 4. The van der Waals surface area contributed by atoms with Crippen LogP contribution in [0.4, 0.5) is 0 Å². The van der Waals surface area contributed by atoms with Crippen LogP contribution in [0.1, 0.15) is 23.7 Å². The maximum atomic E-state index is 10.8. The zero-order valence-corrected chi connectivity index (χ0v) is 12.3. The van der Waals surface area contributed by atoms with Gasteiger partial charge in [0.1, 0.15) is 17.8 Å². The van der Waals surface area contributed by atoms with Crippen molar-refractivity contribution in [2.45, 2.75) is 19.3 Å². The summed E-state index contributed by atoms with van der Waals surface area (Å²) in [4.78, 5) is 19.2. The first-order valence-electron chi connectivity index (χ1n) is 6.50. The van der Waals surface area contributed by atoms with Gasteiger partial charge in [0.15, 0.2) is 5.15 Å². The zero-order chi connectivity index (χ0) is 15.0. The number of hydrogen-bond donors (Lipinski definition) is 0. The normalized spacial score (nSPS) is 20.1. The number of aldehydes is 1. The SMILES string of the molecule is COc1nc(C)ncc1-c1cc(C2C[C@@H]2C=O)c(Cl)nn1. The van der Waals surface area contributed by atoms with Crippen molar-refractivity contribution < 1.29 is 9.53 Å². The van der Waals surface area contributed by atoms with Gasteiger partial charge in [-0.2, -0.15) is 4.98 Å². The van der Waals surface area contributed by atoms with Crippen LogP contribution in [-0.2, 0) is 4.79 Å². The minimum atomic E-state index is 0.0238. The molecular formula is C14H13ClN4O2.